The molecule has 0 amide bonds. The highest BCUT2D eigenvalue weighted by atomic mass is 16.5. The van der Waals surface area contributed by atoms with Gasteiger partial charge in [0.15, 0.2) is 11.5 Å². The van der Waals surface area contributed by atoms with Crippen LogP contribution >= 0.6 is 0 Å². The second-order valence-corrected chi connectivity index (χ2v) is 7.10. The van der Waals surface area contributed by atoms with Crippen LogP contribution in [0, 0.1) is 11.8 Å². The third-order valence-corrected chi connectivity index (χ3v) is 4.67. The van der Waals surface area contributed by atoms with Crippen LogP contribution in [0.25, 0.3) is 0 Å². The Labute approximate surface area is 155 Å². The van der Waals surface area contributed by atoms with Crippen molar-refractivity contribution in [3.8, 4) is 11.5 Å². The van der Waals surface area contributed by atoms with E-state index in [-0.39, 0.29) is 30.3 Å². The normalized spacial score (nSPS) is 23.7. The third-order valence-electron chi connectivity index (χ3n) is 4.67. The summed E-state index contributed by atoms with van der Waals surface area (Å²) in [4.78, 5) is 12.0. The molecule has 0 radical (unpaired) electrons. The Bertz CT molecular complexity index is 598. The average Bonchev–Trinajstić information content (AvgIpc) is 2.96. The van der Waals surface area contributed by atoms with E-state index < -0.39 is 6.23 Å². The number of aliphatic hydroxyl groups is 1. The number of methoxy groups -OCH3 is 2. The molecule has 7 heteroatoms. The van der Waals surface area contributed by atoms with E-state index in [1.54, 1.807) is 7.11 Å². The second kappa shape index (κ2) is 9.21. The highest BCUT2D eigenvalue weighted by Gasteiger charge is 2.40. The Morgan fingerprint density at radius 3 is 2.50 bits per heavy atom. The maximum absolute atomic E-state index is 12.0. The molecule has 1 aromatic rings. The lowest BCUT2D eigenvalue weighted by molar-refractivity contribution is -0.141. The quantitative estimate of drug-likeness (QED) is 0.605. The number of rotatable bonds is 8. The van der Waals surface area contributed by atoms with E-state index >= 15 is 0 Å². The molecule has 146 valence electrons. The zero-order valence-corrected chi connectivity index (χ0v) is 16.1. The first-order valence-electron chi connectivity index (χ1n) is 8.94. The van der Waals surface area contributed by atoms with E-state index in [1.807, 2.05) is 25.1 Å². The number of carbonyl (C=O) groups excluding carboxylic acids is 1. The molecule has 0 spiro atoms. The van der Waals surface area contributed by atoms with Crippen LogP contribution in [0.5, 0.6) is 11.5 Å². The topological polar surface area (TPSA) is 89.1 Å². The van der Waals surface area contributed by atoms with Gasteiger partial charge in [0.25, 0.3) is 0 Å². The van der Waals surface area contributed by atoms with Crippen LogP contribution in [0.3, 0.4) is 0 Å². The fraction of sp³-hybridized carbons (Fsp3) is 0.632. The maximum atomic E-state index is 12.0. The van der Waals surface area contributed by atoms with Crippen molar-refractivity contribution in [2.24, 2.45) is 11.8 Å². The molecule has 4 atom stereocenters. The van der Waals surface area contributed by atoms with Crippen LogP contribution in [0.4, 0.5) is 0 Å². The molecule has 1 aliphatic heterocycles. The minimum absolute atomic E-state index is 0.0116. The largest absolute Gasteiger partial charge is 0.493 e. The van der Waals surface area contributed by atoms with Crippen molar-refractivity contribution in [3.63, 3.8) is 0 Å². The number of hydrazine groups is 1. The molecular formula is C19H30N2O5. The maximum Gasteiger partial charge on any atom is 0.306 e. The van der Waals surface area contributed by atoms with Crippen molar-refractivity contribution in [1.29, 1.82) is 0 Å². The standard InChI is InChI=1S/C19H30N2O5/c1-11(2)10-26-15-7-6-13(8-16(15)24-4)14(9-17(22)25-5)18-12(3)20-21-19(18)23/h6-8,11-12,14,18-21,23H,9-10H2,1-5H3. The first kappa shape index (κ1) is 20.5. The van der Waals surface area contributed by atoms with Gasteiger partial charge in [0.05, 0.1) is 27.2 Å². The number of nitrogens with one attached hydrogen (secondary N) is 2. The predicted octanol–water partition coefficient (Wildman–Crippen LogP) is 1.81. The highest BCUT2D eigenvalue weighted by molar-refractivity contribution is 5.70. The lowest BCUT2D eigenvalue weighted by Gasteiger charge is -2.28. The minimum atomic E-state index is -0.762. The monoisotopic (exact) mass is 366 g/mol. The fourth-order valence-corrected chi connectivity index (χ4v) is 3.28. The first-order chi connectivity index (χ1) is 12.4. The fourth-order valence-electron chi connectivity index (χ4n) is 3.28. The highest BCUT2D eigenvalue weighted by Crippen LogP contribution is 2.38. The number of hydrogen-bond donors (Lipinski definition) is 3. The van der Waals surface area contributed by atoms with Gasteiger partial charge in [0.2, 0.25) is 0 Å². The molecule has 1 aliphatic rings. The minimum Gasteiger partial charge on any atom is -0.493 e. The molecule has 2 rings (SSSR count). The van der Waals surface area contributed by atoms with E-state index in [4.69, 9.17) is 14.2 Å². The number of benzene rings is 1. The lowest BCUT2D eigenvalue weighted by atomic mass is 9.79. The van der Waals surface area contributed by atoms with Crippen LogP contribution in [-0.2, 0) is 9.53 Å². The van der Waals surface area contributed by atoms with Gasteiger partial charge in [-0.25, -0.2) is 5.43 Å². The molecule has 0 aliphatic carbocycles. The molecule has 1 aromatic carbocycles. The number of aliphatic hydroxyl groups excluding tert-OH is 1. The Kier molecular flexibility index (Phi) is 7.25. The Morgan fingerprint density at radius 1 is 1.23 bits per heavy atom. The number of ether oxygens (including phenoxy) is 3. The van der Waals surface area contributed by atoms with E-state index in [0.29, 0.717) is 24.0 Å². The van der Waals surface area contributed by atoms with Gasteiger partial charge in [0, 0.05) is 17.9 Å². The van der Waals surface area contributed by atoms with Crippen molar-refractivity contribution in [2.45, 2.75) is 45.4 Å². The van der Waals surface area contributed by atoms with Crippen molar-refractivity contribution >= 4 is 5.97 Å². The number of hydrogen-bond acceptors (Lipinski definition) is 7. The third kappa shape index (κ3) is 4.87. The molecule has 1 fully saturated rings. The van der Waals surface area contributed by atoms with Gasteiger partial charge in [-0.05, 0) is 30.5 Å². The average molecular weight is 366 g/mol. The van der Waals surface area contributed by atoms with E-state index in [9.17, 15) is 9.90 Å². The van der Waals surface area contributed by atoms with Crippen LogP contribution in [0.1, 0.15) is 38.7 Å². The summed E-state index contributed by atoms with van der Waals surface area (Å²) < 4.78 is 16.1. The summed E-state index contributed by atoms with van der Waals surface area (Å²) in [6, 6.07) is 5.64. The smallest absolute Gasteiger partial charge is 0.306 e. The van der Waals surface area contributed by atoms with Crippen molar-refractivity contribution in [1.82, 2.24) is 10.9 Å². The summed E-state index contributed by atoms with van der Waals surface area (Å²) in [5.41, 5.74) is 6.75. The first-order valence-corrected chi connectivity index (χ1v) is 8.94. The van der Waals surface area contributed by atoms with E-state index in [2.05, 4.69) is 24.7 Å². The zero-order chi connectivity index (χ0) is 19.3. The summed E-state index contributed by atoms with van der Waals surface area (Å²) in [5, 5.41) is 10.3. The van der Waals surface area contributed by atoms with Crippen LogP contribution in [0.15, 0.2) is 18.2 Å². The summed E-state index contributed by atoms with van der Waals surface area (Å²) in [6.07, 6.45) is -0.594. The Morgan fingerprint density at radius 2 is 1.96 bits per heavy atom. The summed E-state index contributed by atoms with van der Waals surface area (Å²) >= 11 is 0. The van der Waals surface area contributed by atoms with Crippen molar-refractivity contribution in [3.05, 3.63) is 23.8 Å². The zero-order valence-electron chi connectivity index (χ0n) is 16.1. The molecule has 0 bridgehead atoms. The summed E-state index contributed by atoms with van der Waals surface area (Å²) in [7, 11) is 2.96. The van der Waals surface area contributed by atoms with Gasteiger partial charge < -0.3 is 19.3 Å². The molecule has 3 N–H and O–H groups in total. The van der Waals surface area contributed by atoms with Gasteiger partial charge >= 0.3 is 5.97 Å². The van der Waals surface area contributed by atoms with Crippen molar-refractivity contribution in [2.75, 3.05) is 20.8 Å². The predicted molar refractivity (Wildman–Crippen MR) is 97.9 cm³/mol. The van der Waals surface area contributed by atoms with Gasteiger partial charge in [-0.15, -0.1) is 0 Å². The Hall–Kier alpha value is -1.83. The molecule has 26 heavy (non-hydrogen) atoms. The van der Waals surface area contributed by atoms with Gasteiger partial charge in [-0.1, -0.05) is 19.9 Å². The molecule has 7 nitrogen and oxygen atoms in total. The number of esters is 1. The molecule has 0 saturated carbocycles. The summed E-state index contributed by atoms with van der Waals surface area (Å²) in [6.45, 7) is 6.72. The van der Waals surface area contributed by atoms with Gasteiger partial charge in [0.1, 0.15) is 6.23 Å². The Balaban J connectivity index is 2.33. The van der Waals surface area contributed by atoms with Crippen LogP contribution in [0.2, 0.25) is 0 Å². The molecule has 1 heterocycles. The molecule has 0 aromatic heterocycles. The van der Waals surface area contributed by atoms with Gasteiger partial charge in [-0.3, -0.25) is 10.2 Å². The lowest BCUT2D eigenvalue weighted by Crippen LogP contribution is -2.33. The number of carbonyl (C=O) groups is 1. The molecule has 1 saturated heterocycles. The van der Waals surface area contributed by atoms with Crippen LogP contribution < -0.4 is 20.3 Å². The summed E-state index contributed by atoms with van der Waals surface area (Å²) in [5.74, 6) is 0.930. The van der Waals surface area contributed by atoms with E-state index in [1.165, 1.54) is 7.11 Å². The van der Waals surface area contributed by atoms with Crippen molar-refractivity contribution < 1.29 is 24.1 Å². The second-order valence-electron chi connectivity index (χ2n) is 7.10. The molecule has 4 unspecified atom stereocenters. The SMILES string of the molecule is COC(=O)CC(c1ccc(OCC(C)C)c(OC)c1)C1C(C)NNC1O. The van der Waals surface area contributed by atoms with Gasteiger partial charge in [-0.2, -0.15) is 0 Å². The van der Waals surface area contributed by atoms with Crippen LogP contribution in [-0.4, -0.2) is 44.2 Å². The van der Waals surface area contributed by atoms with E-state index in [0.717, 1.165) is 5.56 Å². The molecular weight excluding hydrogens is 336 g/mol.